The van der Waals surface area contributed by atoms with Gasteiger partial charge in [-0.25, -0.2) is 0 Å². The lowest BCUT2D eigenvalue weighted by atomic mass is 9.83. The number of ether oxygens (including phenoxy) is 1. The number of anilines is 1. The highest BCUT2D eigenvalue weighted by Gasteiger charge is 2.41. The second kappa shape index (κ2) is 11.1. The molecule has 0 spiro atoms. The average Bonchev–Trinajstić information content (AvgIpc) is 3.48. The lowest BCUT2D eigenvalue weighted by Gasteiger charge is -2.42. The maximum atomic E-state index is 14.4. The lowest BCUT2D eigenvalue weighted by molar-refractivity contribution is -0.138. The zero-order valence-electron chi connectivity index (χ0n) is 24.4. The number of benzene rings is 2. The highest BCUT2D eigenvalue weighted by molar-refractivity contribution is 6.10. The Morgan fingerprint density at radius 3 is 2.52 bits per heavy atom. The molecule has 0 saturated carbocycles. The molecule has 2 atom stereocenters. The molecule has 3 aliphatic heterocycles. The number of alkyl halides is 3. The molecule has 0 N–H and O–H groups in total. The van der Waals surface area contributed by atoms with Crippen LogP contribution in [0.15, 0.2) is 42.7 Å². The highest BCUT2D eigenvalue weighted by Crippen LogP contribution is 2.41. The van der Waals surface area contributed by atoms with Crippen LogP contribution in [0.1, 0.15) is 58.2 Å². The zero-order chi connectivity index (χ0) is 29.8. The molecule has 2 fully saturated rings. The van der Waals surface area contributed by atoms with Gasteiger partial charge in [0, 0.05) is 56.4 Å². The number of aryl methyl sites for hydroxylation is 1. The summed E-state index contributed by atoms with van der Waals surface area (Å²) in [6, 6.07) is 10.7. The van der Waals surface area contributed by atoms with Crippen LogP contribution in [0.5, 0.6) is 0 Å². The van der Waals surface area contributed by atoms with Crippen LogP contribution in [0.3, 0.4) is 0 Å². The molecule has 11 heteroatoms. The Labute approximate surface area is 244 Å². The predicted octanol–water partition coefficient (Wildman–Crippen LogP) is 4.54. The van der Waals surface area contributed by atoms with Gasteiger partial charge >= 0.3 is 6.18 Å². The van der Waals surface area contributed by atoms with E-state index in [1.807, 2.05) is 29.8 Å². The van der Waals surface area contributed by atoms with E-state index in [4.69, 9.17) is 4.74 Å². The number of carbonyl (C=O) groups excluding carboxylic acids is 1. The molecule has 4 heterocycles. The van der Waals surface area contributed by atoms with Gasteiger partial charge < -0.3 is 19.1 Å². The molecule has 0 radical (unpaired) electrons. The van der Waals surface area contributed by atoms with Crippen molar-refractivity contribution < 1.29 is 22.7 Å². The van der Waals surface area contributed by atoms with E-state index in [2.05, 4.69) is 40.9 Å². The van der Waals surface area contributed by atoms with Crippen LogP contribution in [0.25, 0.3) is 0 Å². The third-order valence-electron chi connectivity index (χ3n) is 9.00. The fourth-order valence-electron chi connectivity index (χ4n) is 6.61. The summed E-state index contributed by atoms with van der Waals surface area (Å²) in [7, 11) is 3.95. The summed E-state index contributed by atoms with van der Waals surface area (Å²) >= 11 is 0. The Balaban J connectivity index is 1.33. The van der Waals surface area contributed by atoms with Crippen molar-refractivity contribution in [2.75, 3.05) is 44.8 Å². The first kappa shape index (κ1) is 28.8. The fourth-order valence-corrected chi connectivity index (χ4v) is 6.61. The summed E-state index contributed by atoms with van der Waals surface area (Å²) in [6.45, 7) is 8.17. The molecule has 3 aromatic rings. The van der Waals surface area contributed by atoms with Crippen molar-refractivity contribution in [1.29, 1.82) is 0 Å². The number of nitrogens with zero attached hydrogens (tertiary/aromatic N) is 6. The van der Waals surface area contributed by atoms with Crippen LogP contribution >= 0.6 is 0 Å². The van der Waals surface area contributed by atoms with Gasteiger partial charge in [-0.1, -0.05) is 26.0 Å². The maximum absolute atomic E-state index is 14.4. The molecule has 0 unspecified atom stereocenters. The van der Waals surface area contributed by atoms with Crippen LogP contribution in [0.4, 0.5) is 18.9 Å². The van der Waals surface area contributed by atoms with E-state index in [1.54, 1.807) is 18.5 Å². The van der Waals surface area contributed by atoms with Gasteiger partial charge in [-0.15, -0.1) is 10.2 Å². The predicted molar refractivity (Wildman–Crippen MR) is 152 cm³/mol. The minimum atomic E-state index is -4.57. The quantitative estimate of drug-likeness (QED) is 0.408. The topological polar surface area (TPSA) is 66.7 Å². The second-order valence-electron chi connectivity index (χ2n) is 12.3. The summed E-state index contributed by atoms with van der Waals surface area (Å²) in [5.41, 5.74) is 1.46. The Morgan fingerprint density at radius 2 is 1.88 bits per heavy atom. The lowest BCUT2D eigenvalue weighted by Crippen LogP contribution is -2.53. The van der Waals surface area contributed by atoms with E-state index >= 15 is 0 Å². The Kier molecular flexibility index (Phi) is 7.61. The monoisotopic (exact) mass is 582 g/mol. The minimum absolute atomic E-state index is 0.0395. The van der Waals surface area contributed by atoms with Gasteiger partial charge in [-0.05, 0) is 53.9 Å². The van der Waals surface area contributed by atoms with Crippen LogP contribution < -0.4 is 4.90 Å². The first-order valence-corrected chi connectivity index (χ1v) is 14.5. The van der Waals surface area contributed by atoms with Crippen molar-refractivity contribution in [2.45, 2.75) is 45.1 Å². The third kappa shape index (κ3) is 5.33. The number of hydrogen-bond donors (Lipinski definition) is 0. The van der Waals surface area contributed by atoms with Crippen LogP contribution in [-0.4, -0.2) is 76.4 Å². The number of piperazine rings is 1. The summed E-state index contributed by atoms with van der Waals surface area (Å²) in [4.78, 5) is 19.8. The standard InChI is InChI=1S/C31H37F3N6O2/c1-19(2)27-15-37(3)8-9-39(27)13-20-10-24-25(26(11-20)31(32,33)34)14-40(30(24)41)23-7-5-6-21(12-23)28(22-16-42-17-22)29-36-35-18-38(29)4/h5-7,10-12,18-19,22,27-28H,8-9,13-17H2,1-4H3/t27-,28+/m1/s1. The number of amides is 1. The van der Waals surface area contributed by atoms with Crippen LogP contribution in [0, 0.1) is 11.8 Å². The number of fused-ring (bicyclic) bond motifs is 1. The maximum Gasteiger partial charge on any atom is 0.416 e. The highest BCUT2D eigenvalue weighted by atomic mass is 19.4. The van der Waals surface area contributed by atoms with Gasteiger partial charge in [0.2, 0.25) is 0 Å². The smallest absolute Gasteiger partial charge is 0.381 e. The number of hydrogen-bond acceptors (Lipinski definition) is 6. The molecule has 0 bridgehead atoms. The Morgan fingerprint density at radius 1 is 1.10 bits per heavy atom. The first-order chi connectivity index (χ1) is 20.0. The number of rotatable bonds is 7. The zero-order valence-corrected chi connectivity index (χ0v) is 24.4. The number of aromatic nitrogens is 3. The van der Waals surface area contributed by atoms with Crippen LogP contribution in [0.2, 0.25) is 0 Å². The molecule has 8 nitrogen and oxygen atoms in total. The minimum Gasteiger partial charge on any atom is -0.381 e. The molecular weight excluding hydrogens is 545 g/mol. The van der Waals surface area contributed by atoms with Gasteiger partial charge in [0.15, 0.2) is 0 Å². The molecule has 3 aliphatic rings. The van der Waals surface area contributed by atoms with Crippen molar-refractivity contribution in [3.8, 4) is 0 Å². The van der Waals surface area contributed by atoms with E-state index < -0.39 is 17.6 Å². The number of halogens is 3. The normalized spacial score (nSPS) is 21.2. The molecule has 42 heavy (non-hydrogen) atoms. The van der Waals surface area contributed by atoms with Crippen molar-refractivity contribution >= 4 is 11.6 Å². The number of carbonyl (C=O) groups is 1. The summed E-state index contributed by atoms with van der Waals surface area (Å²) < 4.78 is 50.6. The van der Waals surface area contributed by atoms with Crippen LogP contribution in [-0.2, 0) is 31.1 Å². The van der Waals surface area contributed by atoms with Crippen molar-refractivity contribution in [1.82, 2.24) is 24.6 Å². The van der Waals surface area contributed by atoms with E-state index in [0.29, 0.717) is 36.9 Å². The van der Waals surface area contributed by atoms with Gasteiger partial charge in [0.05, 0.1) is 31.2 Å². The van der Waals surface area contributed by atoms with Gasteiger partial charge in [-0.2, -0.15) is 13.2 Å². The third-order valence-corrected chi connectivity index (χ3v) is 9.00. The molecule has 6 rings (SSSR count). The molecule has 1 aromatic heterocycles. The molecule has 224 valence electrons. The molecule has 2 saturated heterocycles. The number of likely N-dealkylation sites (N-methyl/N-ethyl adjacent to an activating group) is 1. The Hall–Kier alpha value is -3.28. The molecule has 1 amide bonds. The average molecular weight is 583 g/mol. The summed E-state index contributed by atoms with van der Waals surface area (Å²) in [5, 5.41) is 8.38. The van der Waals surface area contributed by atoms with E-state index in [1.165, 1.54) is 11.0 Å². The van der Waals surface area contributed by atoms with E-state index in [0.717, 1.165) is 31.0 Å². The molecular formula is C31H37F3N6O2. The molecule has 0 aliphatic carbocycles. The second-order valence-corrected chi connectivity index (χ2v) is 12.3. The SMILES string of the molecule is CC(C)[C@H]1CN(C)CCN1Cc1cc2c(c(C(F)(F)F)c1)CN(c1cccc([C@H](c3nncn3C)C3COC3)c1)C2=O. The first-order valence-electron chi connectivity index (χ1n) is 14.5. The van der Waals surface area contributed by atoms with Crippen molar-refractivity contribution in [3.05, 3.63) is 76.4 Å². The van der Waals surface area contributed by atoms with E-state index in [-0.39, 0.29) is 35.5 Å². The van der Waals surface area contributed by atoms with E-state index in [9.17, 15) is 18.0 Å². The summed E-state index contributed by atoms with van der Waals surface area (Å²) in [5.74, 6) is 0.810. The molecule has 2 aromatic carbocycles. The van der Waals surface area contributed by atoms with Crippen molar-refractivity contribution in [2.24, 2.45) is 18.9 Å². The van der Waals surface area contributed by atoms with Gasteiger partial charge in [-0.3, -0.25) is 9.69 Å². The van der Waals surface area contributed by atoms with Crippen molar-refractivity contribution in [3.63, 3.8) is 0 Å². The van der Waals surface area contributed by atoms with Gasteiger partial charge in [0.1, 0.15) is 12.2 Å². The largest absolute Gasteiger partial charge is 0.416 e. The Bertz CT molecular complexity index is 1470. The fraction of sp³-hybridized carbons (Fsp3) is 0.516. The summed E-state index contributed by atoms with van der Waals surface area (Å²) in [6.07, 6.45) is -2.92. The van der Waals surface area contributed by atoms with Gasteiger partial charge in [0.25, 0.3) is 5.91 Å².